The molecule has 0 bridgehead atoms. The summed E-state index contributed by atoms with van der Waals surface area (Å²) in [5, 5.41) is 8.74. The van der Waals surface area contributed by atoms with Crippen molar-refractivity contribution in [2.45, 2.75) is 43.9 Å². The second kappa shape index (κ2) is 5.99. The zero-order valence-corrected chi connectivity index (χ0v) is 12.8. The lowest BCUT2D eigenvalue weighted by atomic mass is 10.0. The van der Waals surface area contributed by atoms with Crippen molar-refractivity contribution in [3.63, 3.8) is 0 Å². The fourth-order valence-corrected chi connectivity index (χ4v) is 5.92. The van der Waals surface area contributed by atoms with Crippen LogP contribution in [0.1, 0.15) is 32.6 Å². The molecule has 1 N–H and O–H groups in total. The van der Waals surface area contributed by atoms with Gasteiger partial charge in [-0.3, -0.25) is 4.79 Å². The third-order valence-electron chi connectivity index (χ3n) is 4.68. The molecule has 0 aromatic heterocycles. The van der Waals surface area contributed by atoms with Crippen LogP contribution in [0.15, 0.2) is 0 Å². The maximum absolute atomic E-state index is 12.8. The van der Waals surface area contributed by atoms with E-state index >= 15 is 0 Å². The van der Waals surface area contributed by atoms with Crippen molar-refractivity contribution in [2.24, 2.45) is 11.8 Å². The van der Waals surface area contributed by atoms with E-state index in [1.807, 2.05) is 6.92 Å². The summed E-state index contributed by atoms with van der Waals surface area (Å²) in [5.41, 5.74) is 0. The van der Waals surface area contributed by atoms with E-state index in [9.17, 15) is 18.3 Å². The molecule has 2 rings (SSSR count). The number of esters is 1. The van der Waals surface area contributed by atoms with Gasteiger partial charge in [-0.15, -0.1) is 0 Å². The molecular weight excluding hydrogens is 282 g/mol. The van der Waals surface area contributed by atoms with Gasteiger partial charge in [-0.05, 0) is 25.2 Å². The van der Waals surface area contributed by atoms with Crippen LogP contribution in [-0.4, -0.2) is 55.4 Å². The molecule has 1 heterocycles. The maximum atomic E-state index is 12.8. The molecule has 1 saturated carbocycles. The molecule has 2 fully saturated rings. The number of aliphatic hydroxyl groups excluding tert-OH is 1. The third kappa shape index (κ3) is 2.58. The number of rotatable bonds is 4. The largest absolute Gasteiger partial charge is 0.469 e. The Morgan fingerprint density at radius 3 is 2.65 bits per heavy atom. The Balaban J connectivity index is 2.23. The van der Waals surface area contributed by atoms with Gasteiger partial charge >= 0.3 is 5.97 Å². The molecule has 4 atom stereocenters. The average Bonchev–Trinajstić information content (AvgIpc) is 3.04. The highest BCUT2D eigenvalue weighted by Crippen LogP contribution is 2.37. The van der Waals surface area contributed by atoms with E-state index in [2.05, 4.69) is 0 Å². The lowest BCUT2D eigenvalue weighted by molar-refractivity contribution is -0.145. The van der Waals surface area contributed by atoms with Gasteiger partial charge in [-0.2, -0.15) is 4.31 Å². The Hall–Kier alpha value is -0.660. The smallest absolute Gasteiger partial charge is 0.310 e. The van der Waals surface area contributed by atoms with Crippen molar-refractivity contribution in [1.29, 1.82) is 0 Å². The summed E-state index contributed by atoms with van der Waals surface area (Å²) in [5.74, 6) is -0.864. The molecule has 20 heavy (non-hydrogen) atoms. The number of ether oxygens (including phenoxy) is 1. The topological polar surface area (TPSA) is 83.9 Å². The van der Waals surface area contributed by atoms with Crippen LogP contribution >= 0.6 is 0 Å². The van der Waals surface area contributed by atoms with Crippen molar-refractivity contribution in [3.8, 4) is 0 Å². The van der Waals surface area contributed by atoms with Gasteiger partial charge in [0.25, 0.3) is 0 Å². The van der Waals surface area contributed by atoms with Gasteiger partial charge in [0.05, 0.1) is 30.9 Å². The molecule has 0 aromatic carbocycles. The molecule has 0 amide bonds. The molecule has 1 aliphatic heterocycles. The van der Waals surface area contributed by atoms with Crippen molar-refractivity contribution in [1.82, 2.24) is 4.31 Å². The summed E-state index contributed by atoms with van der Waals surface area (Å²) in [6.07, 6.45) is 2.52. The minimum atomic E-state index is -3.56. The first-order valence-electron chi connectivity index (χ1n) is 7.12. The minimum absolute atomic E-state index is 0.146. The second-order valence-corrected chi connectivity index (χ2v) is 7.88. The Morgan fingerprint density at radius 2 is 2.05 bits per heavy atom. The van der Waals surface area contributed by atoms with Crippen LogP contribution in [0.2, 0.25) is 0 Å². The van der Waals surface area contributed by atoms with Gasteiger partial charge < -0.3 is 9.84 Å². The molecule has 116 valence electrons. The van der Waals surface area contributed by atoms with Crippen molar-refractivity contribution >= 4 is 16.0 Å². The van der Waals surface area contributed by atoms with Crippen LogP contribution in [-0.2, 0) is 19.6 Å². The van der Waals surface area contributed by atoms with Gasteiger partial charge in [-0.1, -0.05) is 13.3 Å². The summed E-state index contributed by atoms with van der Waals surface area (Å²) in [6.45, 7) is 2.21. The van der Waals surface area contributed by atoms with E-state index in [1.54, 1.807) is 0 Å². The third-order valence-corrected chi connectivity index (χ3v) is 7.12. The van der Waals surface area contributed by atoms with Crippen molar-refractivity contribution < 1.29 is 23.1 Å². The molecule has 1 aliphatic carbocycles. The summed E-state index contributed by atoms with van der Waals surface area (Å²) < 4.78 is 31.7. The van der Waals surface area contributed by atoms with Crippen LogP contribution in [0.4, 0.5) is 0 Å². The predicted molar refractivity (Wildman–Crippen MR) is 73.4 cm³/mol. The Bertz CT molecular complexity index is 463. The number of aliphatic hydroxyl groups is 1. The van der Waals surface area contributed by atoms with E-state index in [0.717, 1.165) is 12.8 Å². The Labute approximate surface area is 120 Å². The normalized spacial score (nSPS) is 35.4. The average molecular weight is 305 g/mol. The van der Waals surface area contributed by atoms with Crippen LogP contribution in [0.25, 0.3) is 0 Å². The van der Waals surface area contributed by atoms with Gasteiger partial charge in [0, 0.05) is 6.54 Å². The molecule has 4 unspecified atom stereocenters. The molecule has 7 heteroatoms. The number of carbonyl (C=O) groups is 1. The zero-order valence-electron chi connectivity index (χ0n) is 12.0. The number of sulfonamides is 1. The monoisotopic (exact) mass is 305 g/mol. The highest BCUT2D eigenvalue weighted by atomic mass is 32.2. The predicted octanol–water partition coefficient (Wildman–Crippen LogP) is 0.361. The Kier molecular flexibility index (Phi) is 4.71. The van der Waals surface area contributed by atoms with E-state index in [0.29, 0.717) is 19.4 Å². The molecule has 0 aromatic rings. The number of hydrogen-bond donors (Lipinski definition) is 1. The Morgan fingerprint density at radius 1 is 1.35 bits per heavy atom. The molecule has 0 radical (unpaired) electrons. The second-order valence-electron chi connectivity index (χ2n) is 5.77. The molecule has 6 nitrogen and oxygen atoms in total. The fraction of sp³-hybridized carbons (Fsp3) is 0.923. The van der Waals surface area contributed by atoms with Crippen LogP contribution < -0.4 is 0 Å². The van der Waals surface area contributed by atoms with E-state index in [1.165, 1.54) is 11.4 Å². The summed E-state index contributed by atoms with van der Waals surface area (Å²) >= 11 is 0. The standard InChI is InChI=1S/C13H23NO5S/c1-9-6-7-14(11(9)8-15)20(17,18)12-5-3-4-10(12)13(16)19-2/h9-12,15H,3-8H2,1-2H3. The molecule has 2 aliphatic rings. The van der Waals surface area contributed by atoms with Gasteiger partial charge in [-0.25, -0.2) is 8.42 Å². The van der Waals surface area contributed by atoms with Gasteiger partial charge in [0.1, 0.15) is 0 Å². The highest BCUT2D eigenvalue weighted by molar-refractivity contribution is 7.89. The minimum Gasteiger partial charge on any atom is -0.469 e. The molecule has 0 spiro atoms. The highest BCUT2D eigenvalue weighted by Gasteiger charge is 2.48. The lowest BCUT2D eigenvalue weighted by Gasteiger charge is -2.29. The van der Waals surface area contributed by atoms with Crippen LogP contribution in [0.5, 0.6) is 0 Å². The van der Waals surface area contributed by atoms with Gasteiger partial charge in [0.15, 0.2) is 0 Å². The first kappa shape index (κ1) is 15.7. The van der Waals surface area contributed by atoms with Crippen LogP contribution in [0.3, 0.4) is 0 Å². The van der Waals surface area contributed by atoms with Crippen molar-refractivity contribution in [2.75, 3.05) is 20.3 Å². The SMILES string of the molecule is COC(=O)C1CCCC1S(=O)(=O)N1CCC(C)C1CO. The molecular formula is C13H23NO5S. The van der Waals surface area contributed by atoms with Crippen LogP contribution in [0, 0.1) is 11.8 Å². The summed E-state index contributed by atoms with van der Waals surface area (Å²) in [6, 6.07) is -0.362. The lowest BCUT2D eigenvalue weighted by Crippen LogP contribution is -2.46. The quantitative estimate of drug-likeness (QED) is 0.758. The first-order valence-corrected chi connectivity index (χ1v) is 8.63. The van der Waals surface area contributed by atoms with E-state index < -0.39 is 27.2 Å². The number of nitrogens with zero attached hydrogens (tertiary/aromatic N) is 1. The molecule has 1 saturated heterocycles. The summed E-state index contributed by atoms with van der Waals surface area (Å²) in [4.78, 5) is 11.7. The maximum Gasteiger partial charge on any atom is 0.310 e. The first-order chi connectivity index (χ1) is 9.43. The van der Waals surface area contributed by atoms with Crippen molar-refractivity contribution in [3.05, 3.63) is 0 Å². The van der Waals surface area contributed by atoms with Gasteiger partial charge in [0.2, 0.25) is 10.0 Å². The number of hydrogen-bond acceptors (Lipinski definition) is 5. The van der Waals surface area contributed by atoms with E-state index in [4.69, 9.17) is 4.74 Å². The summed E-state index contributed by atoms with van der Waals surface area (Å²) in [7, 11) is -2.27. The van der Waals surface area contributed by atoms with E-state index in [-0.39, 0.29) is 18.6 Å². The number of carbonyl (C=O) groups excluding carboxylic acids is 1. The fourth-order valence-electron chi connectivity index (χ4n) is 3.44. The zero-order chi connectivity index (χ0) is 14.9. The number of methoxy groups -OCH3 is 1.